The van der Waals surface area contributed by atoms with E-state index in [9.17, 15) is 5.11 Å². The van der Waals surface area contributed by atoms with E-state index in [1.807, 2.05) is 6.92 Å². The quantitative estimate of drug-likeness (QED) is 0.300. The van der Waals surface area contributed by atoms with Crippen molar-refractivity contribution in [2.24, 2.45) is 4.99 Å². The Morgan fingerprint density at radius 2 is 2.32 bits per heavy atom. The van der Waals surface area contributed by atoms with Crippen LogP contribution in [0.1, 0.15) is 17.9 Å². The molecule has 4 nitrogen and oxygen atoms in total. The van der Waals surface area contributed by atoms with Crippen molar-refractivity contribution in [3.05, 3.63) is 21.3 Å². The average molecular weight is 414 g/mol. The van der Waals surface area contributed by atoms with E-state index in [0.717, 1.165) is 11.4 Å². The lowest BCUT2D eigenvalue weighted by atomic mass is 10.3. The predicted molar refractivity (Wildman–Crippen MR) is 92.5 cm³/mol. The predicted octanol–water partition coefficient (Wildman–Crippen LogP) is 2.24. The number of nitrogens with one attached hydrogen (secondary N) is 2. The molecule has 0 radical (unpaired) electrons. The second-order valence-electron chi connectivity index (χ2n) is 3.43. The van der Waals surface area contributed by atoms with Gasteiger partial charge in [-0.25, -0.2) is 0 Å². The number of nitrogens with zero attached hydrogens (tertiary/aromatic N) is 1. The molecule has 19 heavy (non-hydrogen) atoms. The van der Waals surface area contributed by atoms with Crippen molar-refractivity contribution in [1.29, 1.82) is 0 Å². The minimum absolute atomic E-state index is 0. The molecule has 0 aromatic carbocycles. The highest BCUT2D eigenvalue weighted by Gasteiger charge is 2.09. The van der Waals surface area contributed by atoms with Gasteiger partial charge < -0.3 is 15.7 Å². The van der Waals surface area contributed by atoms with E-state index in [0.29, 0.717) is 16.8 Å². The van der Waals surface area contributed by atoms with Gasteiger partial charge in [-0.15, -0.1) is 41.7 Å². The fourth-order valence-corrected chi connectivity index (χ4v) is 2.29. The van der Waals surface area contributed by atoms with Gasteiger partial charge in [-0.2, -0.15) is 0 Å². The van der Waals surface area contributed by atoms with Gasteiger partial charge in [0.25, 0.3) is 0 Å². The number of halogens is 2. The number of thiophene rings is 1. The van der Waals surface area contributed by atoms with Gasteiger partial charge >= 0.3 is 0 Å². The SMILES string of the molecule is C#CCNC(=NCC(O)c1ccc(Cl)s1)NCC.I. The van der Waals surface area contributed by atoms with Gasteiger partial charge in [-0.1, -0.05) is 17.5 Å². The summed E-state index contributed by atoms with van der Waals surface area (Å²) < 4.78 is 0.658. The molecule has 1 rings (SSSR count). The first-order valence-electron chi connectivity index (χ1n) is 5.56. The Kier molecular flexibility index (Phi) is 10.0. The van der Waals surface area contributed by atoms with Gasteiger partial charge in [0.15, 0.2) is 5.96 Å². The first kappa shape index (κ1) is 18.5. The molecule has 106 valence electrons. The molecule has 0 amide bonds. The van der Waals surface area contributed by atoms with Gasteiger partial charge in [0.05, 0.1) is 17.4 Å². The van der Waals surface area contributed by atoms with E-state index in [4.69, 9.17) is 18.0 Å². The van der Waals surface area contributed by atoms with Crippen LogP contribution in [0.5, 0.6) is 0 Å². The van der Waals surface area contributed by atoms with Crippen LogP contribution in [0.2, 0.25) is 4.34 Å². The van der Waals surface area contributed by atoms with Gasteiger partial charge in [0, 0.05) is 11.4 Å². The number of aliphatic hydroxyl groups excluding tert-OH is 1. The molecule has 1 aromatic rings. The van der Waals surface area contributed by atoms with Crippen molar-refractivity contribution in [2.75, 3.05) is 19.6 Å². The van der Waals surface area contributed by atoms with Crippen LogP contribution in [0, 0.1) is 12.3 Å². The summed E-state index contributed by atoms with van der Waals surface area (Å²) in [4.78, 5) is 5.05. The summed E-state index contributed by atoms with van der Waals surface area (Å²) in [6.07, 6.45) is 4.52. The molecule has 0 saturated carbocycles. The van der Waals surface area contributed by atoms with Crippen LogP contribution < -0.4 is 10.6 Å². The Bertz CT molecular complexity index is 444. The van der Waals surface area contributed by atoms with E-state index in [1.54, 1.807) is 12.1 Å². The van der Waals surface area contributed by atoms with Crippen molar-refractivity contribution in [2.45, 2.75) is 13.0 Å². The second kappa shape index (κ2) is 10.3. The van der Waals surface area contributed by atoms with E-state index >= 15 is 0 Å². The van der Waals surface area contributed by atoms with Crippen molar-refractivity contribution >= 4 is 52.9 Å². The zero-order valence-electron chi connectivity index (χ0n) is 10.5. The summed E-state index contributed by atoms with van der Waals surface area (Å²) >= 11 is 7.16. The molecule has 1 atom stereocenters. The van der Waals surface area contributed by atoms with E-state index in [1.165, 1.54) is 11.3 Å². The Morgan fingerprint density at radius 3 is 2.84 bits per heavy atom. The minimum atomic E-state index is -0.649. The number of aliphatic hydroxyl groups is 1. The van der Waals surface area contributed by atoms with Crippen LogP contribution in [0.3, 0.4) is 0 Å². The highest BCUT2D eigenvalue weighted by molar-refractivity contribution is 14.0. The Hall–Kier alpha value is -0.490. The summed E-state index contributed by atoms with van der Waals surface area (Å²) in [5.41, 5.74) is 0. The lowest BCUT2D eigenvalue weighted by molar-refractivity contribution is 0.191. The Balaban J connectivity index is 0.00000324. The Labute approximate surface area is 139 Å². The van der Waals surface area contributed by atoms with E-state index in [-0.39, 0.29) is 30.5 Å². The molecular weight excluding hydrogens is 397 g/mol. The van der Waals surface area contributed by atoms with Crippen LogP contribution in [0.15, 0.2) is 17.1 Å². The summed E-state index contributed by atoms with van der Waals surface area (Å²) in [5.74, 6) is 3.06. The molecule has 0 fully saturated rings. The maximum atomic E-state index is 9.93. The van der Waals surface area contributed by atoms with Crippen LogP contribution >= 0.6 is 46.9 Å². The summed E-state index contributed by atoms with van der Waals surface area (Å²) in [6, 6.07) is 3.56. The van der Waals surface area contributed by atoms with Crippen LogP contribution in [0.4, 0.5) is 0 Å². The molecule has 0 saturated heterocycles. The number of aliphatic imine (C=N–C) groups is 1. The lowest BCUT2D eigenvalue weighted by Crippen LogP contribution is -2.37. The number of terminal acetylenes is 1. The van der Waals surface area contributed by atoms with Gasteiger partial charge in [-0.05, 0) is 19.1 Å². The van der Waals surface area contributed by atoms with Crippen LogP contribution in [-0.4, -0.2) is 30.7 Å². The summed E-state index contributed by atoms with van der Waals surface area (Å²) in [7, 11) is 0. The van der Waals surface area contributed by atoms with Gasteiger partial charge in [0.1, 0.15) is 6.10 Å². The lowest BCUT2D eigenvalue weighted by Gasteiger charge is -2.10. The third-order valence-corrected chi connectivity index (χ3v) is 3.38. The standard InChI is InChI=1S/C12H16ClN3OS.HI/c1-3-7-15-12(14-4-2)16-8-9(17)10-5-6-11(13)18-10;/h1,5-6,9,17H,4,7-8H2,2H3,(H2,14,15,16);1H. The largest absolute Gasteiger partial charge is 0.386 e. The Morgan fingerprint density at radius 1 is 1.58 bits per heavy atom. The molecule has 1 heterocycles. The highest BCUT2D eigenvalue weighted by atomic mass is 127. The molecule has 7 heteroatoms. The first-order chi connectivity index (χ1) is 8.67. The van der Waals surface area contributed by atoms with Crippen LogP contribution in [0.25, 0.3) is 0 Å². The molecule has 3 N–H and O–H groups in total. The monoisotopic (exact) mass is 413 g/mol. The topological polar surface area (TPSA) is 56.7 Å². The number of hydrogen-bond donors (Lipinski definition) is 3. The van der Waals surface area contributed by atoms with Crippen LogP contribution in [-0.2, 0) is 0 Å². The van der Waals surface area contributed by atoms with E-state index < -0.39 is 6.10 Å². The van der Waals surface area contributed by atoms with Gasteiger partial charge in [0.2, 0.25) is 0 Å². The van der Waals surface area contributed by atoms with Crippen molar-refractivity contribution in [3.63, 3.8) is 0 Å². The third kappa shape index (κ3) is 7.01. The first-order valence-corrected chi connectivity index (χ1v) is 6.75. The molecule has 0 aliphatic carbocycles. The zero-order valence-corrected chi connectivity index (χ0v) is 14.4. The number of hydrogen-bond acceptors (Lipinski definition) is 3. The normalized spacial score (nSPS) is 12.2. The average Bonchev–Trinajstić information content (AvgIpc) is 2.79. The third-order valence-electron chi connectivity index (χ3n) is 2.05. The molecule has 0 aliphatic rings. The van der Waals surface area contributed by atoms with E-state index in [2.05, 4.69) is 21.5 Å². The molecule has 0 aliphatic heterocycles. The summed E-state index contributed by atoms with van der Waals surface area (Å²) in [5, 5.41) is 15.9. The summed E-state index contributed by atoms with van der Waals surface area (Å²) in [6.45, 7) is 3.35. The highest BCUT2D eigenvalue weighted by Crippen LogP contribution is 2.26. The zero-order chi connectivity index (χ0) is 13.4. The minimum Gasteiger partial charge on any atom is -0.386 e. The fraction of sp³-hybridized carbons (Fsp3) is 0.417. The van der Waals surface area contributed by atoms with Crippen molar-refractivity contribution < 1.29 is 5.11 Å². The smallest absolute Gasteiger partial charge is 0.192 e. The molecule has 0 bridgehead atoms. The second-order valence-corrected chi connectivity index (χ2v) is 5.18. The van der Waals surface area contributed by atoms with Crippen molar-refractivity contribution in [1.82, 2.24) is 10.6 Å². The maximum Gasteiger partial charge on any atom is 0.192 e. The van der Waals surface area contributed by atoms with Crippen molar-refractivity contribution in [3.8, 4) is 12.3 Å². The molecule has 0 spiro atoms. The maximum absolute atomic E-state index is 9.93. The van der Waals surface area contributed by atoms with Gasteiger partial charge in [-0.3, -0.25) is 4.99 Å². The number of guanidine groups is 1. The molecule has 1 unspecified atom stereocenters. The molecular formula is C12H17ClIN3OS. The fourth-order valence-electron chi connectivity index (χ4n) is 1.25. The number of rotatable bonds is 5. The molecule has 1 aromatic heterocycles.